The first-order valence-corrected chi connectivity index (χ1v) is 11.1. The van der Waals surface area contributed by atoms with Crippen LogP contribution in [0.2, 0.25) is 0 Å². The van der Waals surface area contributed by atoms with Crippen LogP contribution in [-0.4, -0.2) is 71.8 Å². The highest BCUT2D eigenvalue weighted by molar-refractivity contribution is 7.89. The molecule has 3 rings (SSSR count). The van der Waals surface area contributed by atoms with E-state index in [2.05, 4.69) is 15.3 Å². The molecule has 1 aliphatic rings. The molecule has 0 atom stereocenters. The first-order valence-electron chi connectivity index (χ1n) is 9.71. The Morgan fingerprint density at radius 3 is 2.16 bits per heavy atom. The molecule has 2 aromatic rings. The van der Waals surface area contributed by atoms with E-state index in [4.69, 9.17) is 4.74 Å². The summed E-state index contributed by atoms with van der Waals surface area (Å²) in [7, 11) is -3.69. The van der Waals surface area contributed by atoms with Crippen LogP contribution in [0.5, 0.6) is 0 Å². The van der Waals surface area contributed by atoms with Gasteiger partial charge in [0.2, 0.25) is 16.0 Å². The molecule has 0 saturated carbocycles. The summed E-state index contributed by atoms with van der Waals surface area (Å²) < 4.78 is 32.6. The van der Waals surface area contributed by atoms with Crippen molar-refractivity contribution in [3.05, 3.63) is 42.2 Å². The van der Waals surface area contributed by atoms with Crippen molar-refractivity contribution in [1.29, 1.82) is 0 Å². The van der Waals surface area contributed by atoms with Crippen LogP contribution in [0.4, 0.5) is 16.4 Å². The number of hydrogen-bond acceptors (Lipinski definition) is 8. The minimum atomic E-state index is -3.69. The van der Waals surface area contributed by atoms with Gasteiger partial charge in [0.1, 0.15) is 5.60 Å². The van der Waals surface area contributed by atoms with Crippen LogP contribution in [0.25, 0.3) is 0 Å². The number of amides is 1. The number of anilines is 2. The highest BCUT2D eigenvalue weighted by atomic mass is 32.2. The summed E-state index contributed by atoms with van der Waals surface area (Å²) in [6.07, 6.45) is 2.98. The first-order chi connectivity index (χ1) is 14.6. The molecule has 2 heterocycles. The monoisotopic (exact) mass is 447 g/mol. The SMILES string of the molecule is CC(C)(C)OC(=O)N1CCN(S(=O)(=O)c2ccc(Nc3ncc(C=O)cn3)cc2)CC1. The maximum absolute atomic E-state index is 12.9. The number of nitrogens with one attached hydrogen (secondary N) is 1. The van der Waals surface area contributed by atoms with Gasteiger partial charge in [-0.25, -0.2) is 23.2 Å². The summed E-state index contributed by atoms with van der Waals surface area (Å²) in [5, 5.41) is 2.95. The molecule has 0 unspecified atom stereocenters. The van der Waals surface area contributed by atoms with Crippen LogP contribution in [0.1, 0.15) is 31.1 Å². The van der Waals surface area contributed by atoms with Gasteiger partial charge in [-0.2, -0.15) is 4.31 Å². The lowest BCUT2D eigenvalue weighted by Gasteiger charge is -2.35. The topological polar surface area (TPSA) is 122 Å². The molecule has 0 radical (unpaired) electrons. The van der Waals surface area contributed by atoms with Crippen LogP contribution in [0, 0.1) is 0 Å². The number of ether oxygens (including phenoxy) is 1. The van der Waals surface area contributed by atoms with Crippen LogP contribution in [0.15, 0.2) is 41.6 Å². The van der Waals surface area contributed by atoms with Gasteiger partial charge >= 0.3 is 6.09 Å². The van der Waals surface area contributed by atoms with E-state index in [0.717, 1.165) is 0 Å². The van der Waals surface area contributed by atoms with E-state index < -0.39 is 21.7 Å². The molecule has 1 aromatic heterocycles. The van der Waals surface area contributed by atoms with Crippen molar-refractivity contribution in [2.24, 2.45) is 0 Å². The van der Waals surface area contributed by atoms with Crippen LogP contribution >= 0.6 is 0 Å². The Hall–Kier alpha value is -3.05. The highest BCUT2D eigenvalue weighted by Crippen LogP contribution is 2.21. The predicted molar refractivity (Wildman–Crippen MR) is 114 cm³/mol. The van der Waals surface area contributed by atoms with E-state index in [1.54, 1.807) is 32.9 Å². The van der Waals surface area contributed by atoms with Gasteiger partial charge in [-0.3, -0.25) is 4.79 Å². The highest BCUT2D eigenvalue weighted by Gasteiger charge is 2.31. The number of hydrogen-bond donors (Lipinski definition) is 1. The largest absolute Gasteiger partial charge is 0.444 e. The standard InChI is InChI=1S/C20H25N5O5S/c1-20(2,3)30-19(27)24-8-10-25(11-9-24)31(28,29)17-6-4-16(5-7-17)23-18-21-12-15(14-26)13-22-18/h4-7,12-14H,8-11H2,1-3H3,(H,21,22,23). The average molecular weight is 448 g/mol. The molecule has 1 amide bonds. The molecule has 10 nitrogen and oxygen atoms in total. The quantitative estimate of drug-likeness (QED) is 0.693. The summed E-state index contributed by atoms with van der Waals surface area (Å²) >= 11 is 0. The van der Waals surface area contributed by atoms with Crippen molar-refractivity contribution >= 4 is 34.0 Å². The molecular formula is C20H25N5O5S. The van der Waals surface area contributed by atoms with Gasteiger partial charge in [0.25, 0.3) is 0 Å². The second kappa shape index (κ2) is 8.98. The number of carbonyl (C=O) groups is 2. The molecular weight excluding hydrogens is 422 g/mol. The summed E-state index contributed by atoms with van der Waals surface area (Å²) in [5.41, 5.74) is 0.365. The molecule has 0 aliphatic carbocycles. The van der Waals surface area contributed by atoms with Crippen molar-refractivity contribution < 1.29 is 22.7 Å². The Morgan fingerprint density at radius 1 is 1.06 bits per heavy atom. The molecule has 1 aliphatic heterocycles. The Bertz CT molecular complexity index is 1030. The molecule has 31 heavy (non-hydrogen) atoms. The molecule has 1 N–H and O–H groups in total. The van der Waals surface area contributed by atoms with Crippen LogP contribution < -0.4 is 5.32 Å². The molecule has 1 saturated heterocycles. The average Bonchev–Trinajstić information content (AvgIpc) is 2.73. The number of sulfonamides is 1. The molecule has 166 valence electrons. The predicted octanol–water partition coefficient (Wildman–Crippen LogP) is 2.27. The summed E-state index contributed by atoms with van der Waals surface area (Å²) in [4.78, 5) is 32.5. The van der Waals surface area contributed by atoms with Gasteiger partial charge in [0.05, 0.1) is 10.5 Å². The lowest BCUT2D eigenvalue weighted by atomic mass is 10.2. The molecule has 0 spiro atoms. The molecule has 1 fully saturated rings. The van der Waals surface area contributed by atoms with Crippen molar-refractivity contribution in [3.63, 3.8) is 0 Å². The van der Waals surface area contributed by atoms with E-state index in [-0.39, 0.29) is 31.1 Å². The van der Waals surface area contributed by atoms with Gasteiger partial charge < -0.3 is 15.0 Å². The van der Waals surface area contributed by atoms with Gasteiger partial charge in [-0.15, -0.1) is 0 Å². The van der Waals surface area contributed by atoms with Crippen molar-refractivity contribution in [1.82, 2.24) is 19.2 Å². The Labute approximate surface area is 181 Å². The van der Waals surface area contributed by atoms with Gasteiger partial charge in [0.15, 0.2) is 6.29 Å². The zero-order chi connectivity index (χ0) is 22.6. The van der Waals surface area contributed by atoms with Gasteiger partial charge in [-0.1, -0.05) is 0 Å². The van der Waals surface area contributed by atoms with E-state index in [9.17, 15) is 18.0 Å². The van der Waals surface area contributed by atoms with Gasteiger partial charge in [-0.05, 0) is 45.0 Å². The third-order valence-electron chi connectivity index (χ3n) is 4.45. The number of piperazine rings is 1. The summed E-state index contributed by atoms with van der Waals surface area (Å²) in [6, 6.07) is 6.22. The minimum Gasteiger partial charge on any atom is -0.444 e. The van der Waals surface area contributed by atoms with Crippen LogP contribution in [0.3, 0.4) is 0 Å². The van der Waals surface area contributed by atoms with E-state index >= 15 is 0 Å². The van der Waals surface area contributed by atoms with E-state index in [1.165, 1.54) is 33.7 Å². The minimum absolute atomic E-state index is 0.154. The zero-order valence-corrected chi connectivity index (χ0v) is 18.4. The maximum Gasteiger partial charge on any atom is 0.410 e. The summed E-state index contributed by atoms with van der Waals surface area (Å²) in [6.45, 7) is 6.28. The molecule has 1 aromatic carbocycles. The Balaban J connectivity index is 1.61. The normalized spacial score (nSPS) is 15.4. The third kappa shape index (κ3) is 5.76. The molecule has 0 bridgehead atoms. The molecule has 11 heteroatoms. The number of benzene rings is 1. The number of nitrogens with zero attached hydrogens (tertiary/aromatic N) is 4. The third-order valence-corrected chi connectivity index (χ3v) is 6.36. The number of aldehydes is 1. The lowest BCUT2D eigenvalue weighted by Crippen LogP contribution is -2.51. The van der Waals surface area contributed by atoms with Crippen molar-refractivity contribution in [2.45, 2.75) is 31.3 Å². The number of rotatable bonds is 5. The van der Waals surface area contributed by atoms with Gasteiger partial charge in [0, 0.05) is 44.3 Å². The fourth-order valence-electron chi connectivity index (χ4n) is 2.89. The van der Waals surface area contributed by atoms with E-state index in [1.807, 2.05) is 0 Å². The van der Waals surface area contributed by atoms with E-state index in [0.29, 0.717) is 23.5 Å². The van der Waals surface area contributed by atoms with Crippen molar-refractivity contribution in [2.75, 3.05) is 31.5 Å². The Kier molecular flexibility index (Phi) is 6.56. The lowest BCUT2D eigenvalue weighted by molar-refractivity contribution is 0.0192. The fraction of sp³-hybridized carbons (Fsp3) is 0.400. The second-order valence-corrected chi connectivity index (χ2v) is 9.92. The summed E-state index contributed by atoms with van der Waals surface area (Å²) in [5.74, 6) is 0.291. The Morgan fingerprint density at radius 2 is 1.65 bits per heavy atom. The number of aromatic nitrogens is 2. The fourth-order valence-corrected chi connectivity index (χ4v) is 4.31. The zero-order valence-electron chi connectivity index (χ0n) is 17.6. The van der Waals surface area contributed by atoms with Crippen molar-refractivity contribution in [3.8, 4) is 0 Å². The first kappa shape index (κ1) is 22.6. The maximum atomic E-state index is 12.9. The second-order valence-electron chi connectivity index (χ2n) is 7.98. The van der Waals surface area contributed by atoms with Crippen LogP contribution in [-0.2, 0) is 14.8 Å². The smallest absolute Gasteiger partial charge is 0.410 e. The number of carbonyl (C=O) groups excluding carboxylic acids is 2.